The van der Waals surface area contributed by atoms with Gasteiger partial charge in [-0.1, -0.05) is 23.9 Å². The molecule has 0 amide bonds. The number of hydrogen-bond acceptors (Lipinski definition) is 6. The van der Waals surface area contributed by atoms with Crippen LogP contribution >= 0.6 is 11.8 Å². The maximum Gasteiger partial charge on any atom is 0.191 e. The number of nitrogens with zero attached hydrogens (tertiary/aromatic N) is 4. The van der Waals surface area contributed by atoms with Crippen molar-refractivity contribution in [1.82, 2.24) is 19.3 Å². The summed E-state index contributed by atoms with van der Waals surface area (Å²) in [6.45, 7) is 5.15. The molecule has 1 aliphatic heterocycles. The largest absolute Gasteiger partial charge is 0.486 e. The number of thioether (sulfide) groups is 1. The normalized spacial score (nSPS) is 17.7. The van der Waals surface area contributed by atoms with Crippen LogP contribution in [-0.2, 0) is 13.6 Å². The molecule has 3 aromatic rings. The van der Waals surface area contributed by atoms with Crippen molar-refractivity contribution in [3.8, 4) is 11.5 Å². The zero-order valence-corrected chi connectivity index (χ0v) is 18.8. The molecule has 0 saturated heterocycles. The van der Waals surface area contributed by atoms with Crippen LogP contribution in [-0.4, -0.2) is 43.6 Å². The Hall–Kier alpha value is -2.74. The fourth-order valence-corrected chi connectivity index (χ4v) is 4.88. The van der Waals surface area contributed by atoms with E-state index in [1.54, 1.807) is 0 Å². The second kappa shape index (κ2) is 8.07. The van der Waals surface area contributed by atoms with E-state index >= 15 is 0 Å². The fourth-order valence-electron chi connectivity index (χ4n) is 4.08. The third kappa shape index (κ3) is 3.96. The molecule has 0 spiro atoms. The quantitative estimate of drug-likeness (QED) is 0.411. The van der Waals surface area contributed by atoms with Crippen LogP contribution < -0.4 is 9.47 Å². The number of benzene rings is 1. The number of para-hydroxylation sites is 2. The van der Waals surface area contributed by atoms with Gasteiger partial charge in [-0.15, -0.1) is 10.2 Å². The second-order valence-corrected chi connectivity index (χ2v) is 9.22. The number of ketones is 1. The predicted molar refractivity (Wildman–Crippen MR) is 118 cm³/mol. The summed E-state index contributed by atoms with van der Waals surface area (Å²) in [5, 5.41) is 9.37. The minimum absolute atomic E-state index is 0.100. The number of ether oxygens (including phenoxy) is 2. The van der Waals surface area contributed by atoms with Gasteiger partial charge >= 0.3 is 0 Å². The van der Waals surface area contributed by atoms with Gasteiger partial charge in [0.05, 0.1) is 12.3 Å². The minimum atomic E-state index is -0.100. The number of hydrogen-bond donors (Lipinski definition) is 0. The van der Waals surface area contributed by atoms with Crippen LogP contribution in [0.25, 0.3) is 0 Å². The molecule has 1 fully saturated rings. The van der Waals surface area contributed by atoms with Crippen LogP contribution in [0.1, 0.15) is 46.3 Å². The summed E-state index contributed by atoms with van der Waals surface area (Å²) in [4.78, 5) is 13.0. The molecule has 0 N–H and O–H groups in total. The van der Waals surface area contributed by atoms with E-state index in [4.69, 9.17) is 9.47 Å². The average Bonchev–Trinajstić information content (AvgIpc) is 3.50. The molecule has 1 unspecified atom stereocenters. The predicted octanol–water partition coefficient (Wildman–Crippen LogP) is 3.93. The lowest BCUT2D eigenvalue weighted by molar-refractivity contribution is 0.0777. The Kier molecular flexibility index (Phi) is 5.25. The third-order valence-electron chi connectivity index (χ3n) is 5.97. The lowest BCUT2D eigenvalue weighted by Crippen LogP contribution is -2.33. The molecule has 31 heavy (non-hydrogen) atoms. The highest BCUT2D eigenvalue weighted by Gasteiger charge is 2.29. The van der Waals surface area contributed by atoms with E-state index < -0.39 is 0 Å². The summed E-state index contributed by atoms with van der Waals surface area (Å²) in [6, 6.07) is 9.69. The highest BCUT2D eigenvalue weighted by molar-refractivity contribution is 7.99. The first-order chi connectivity index (χ1) is 15.0. The molecule has 8 heteroatoms. The van der Waals surface area contributed by atoms with Gasteiger partial charge in [0.15, 0.2) is 28.5 Å². The summed E-state index contributed by atoms with van der Waals surface area (Å²) in [6.07, 6.45) is 2.27. The fraction of sp³-hybridized carbons (Fsp3) is 0.435. The molecule has 2 aliphatic rings. The average molecular weight is 439 g/mol. The molecule has 5 rings (SSSR count). The molecule has 1 saturated carbocycles. The highest BCUT2D eigenvalue weighted by Crippen LogP contribution is 2.39. The molecule has 1 aliphatic carbocycles. The molecule has 0 radical (unpaired) electrons. The van der Waals surface area contributed by atoms with E-state index in [1.807, 2.05) is 55.8 Å². The number of carbonyl (C=O) groups is 1. The number of carbonyl (C=O) groups excluding carboxylic acids is 1. The lowest BCUT2D eigenvalue weighted by Gasteiger charge is -2.27. The zero-order chi connectivity index (χ0) is 21.5. The standard InChI is InChI=1S/C23H26N4O3S/c1-14-10-18(19(28)13-31-23-25-24-22(26(23)3)16-8-9-16)15(2)27(14)11-17-12-29-20-6-4-5-7-21(20)30-17/h4-7,10,16-17H,8-9,11-13H2,1-3H3. The van der Waals surface area contributed by atoms with Crippen LogP contribution in [0.15, 0.2) is 35.5 Å². The van der Waals surface area contributed by atoms with Crippen LogP contribution in [0.2, 0.25) is 0 Å². The topological polar surface area (TPSA) is 71.2 Å². The SMILES string of the molecule is Cc1cc(C(=O)CSc2nnc(C3CC3)n2C)c(C)n1CC1COc2ccccc2O1. The maximum atomic E-state index is 13.0. The van der Waals surface area contributed by atoms with E-state index in [9.17, 15) is 4.79 Å². The first kappa shape index (κ1) is 20.2. The minimum Gasteiger partial charge on any atom is -0.486 e. The Labute approximate surface area is 185 Å². The van der Waals surface area contributed by atoms with Gasteiger partial charge in [-0.05, 0) is 44.9 Å². The van der Waals surface area contributed by atoms with Crippen molar-refractivity contribution < 1.29 is 14.3 Å². The van der Waals surface area contributed by atoms with Crippen molar-refractivity contribution in [3.05, 3.63) is 53.1 Å². The van der Waals surface area contributed by atoms with Crippen molar-refractivity contribution in [1.29, 1.82) is 0 Å². The van der Waals surface area contributed by atoms with E-state index in [1.165, 1.54) is 24.6 Å². The summed E-state index contributed by atoms with van der Waals surface area (Å²) >= 11 is 1.45. The van der Waals surface area contributed by atoms with Crippen molar-refractivity contribution in [2.45, 2.75) is 50.4 Å². The van der Waals surface area contributed by atoms with Crippen LogP contribution in [0.3, 0.4) is 0 Å². The number of rotatable bonds is 7. The van der Waals surface area contributed by atoms with E-state index in [0.717, 1.165) is 39.4 Å². The van der Waals surface area contributed by atoms with Gasteiger partial charge in [-0.3, -0.25) is 4.79 Å². The summed E-state index contributed by atoms with van der Waals surface area (Å²) in [7, 11) is 1.98. The molecule has 1 aromatic carbocycles. The van der Waals surface area contributed by atoms with Crippen LogP contribution in [0.4, 0.5) is 0 Å². The van der Waals surface area contributed by atoms with E-state index in [0.29, 0.717) is 24.8 Å². The third-order valence-corrected chi connectivity index (χ3v) is 6.99. The van der Waals surface area contributed by atoms with Gasteiger partial charge in [0.2, 0.25) is 0 Å². The number of Topliss-reactive ketones (excluding diaryl/α,β-unsaturated/α-hetero) is 1. The molecular formula is C23H26N4O3S. The van der Waals surface area contributed by atoms with Crippen molar-refractivity contribution in [2.75, 3.05) is 12.4 Å². The van der Waals surface area contributed by atoms with Crippen LogP contribution in [0.5, 0.6) is 11.5 Å². The van der Waals surface area contributed by atoms with Gasteiger partial charge in [0, 0.05) is 29.9 Å². The van der Waals surface area contributed by atoms with E-state index in [2.05, 4.69) is 14.8 Å². The Balaban J connectivity index is 1.26. The molecule has 1 atom stereocenters. The van der Waals surface area contributed by atoms with Gasteiger partial charge in [0.25, 0.3) is 0 Å². The van der Waals surface area contributed by atoms with Crippen molar-refractivity contribution in [3.63, 3.8) is 0 Å². The maximum absolute atomic E-state index is 13.0. The Morgan fingerprint density at radius 2 is 1.97 bits per heavy atom. The summed E-state index contributed by atoms with van der Waals surface area (Å²) < 4.78 is 16.1. The van der Waals surface area contributed by atoms with Gasteiger partial charge in [-0.2, -0.15) is 0 Å². The lowest BCUT2D eigenvalue weighted by atomic mass is 10.2. The summed E-state index contributed by atoms with van der Waals surface area (Å²) in [5.41, 5.74) is 2.76. The van der Waals surface area contributed by atoms with Gasteiger partial charge in [0.1, 0.15) is 12.4 Å². The van der Waals surface area contributed by atoms with E-state index in [-0.39, 0.29) is 11.9 Å². The van der Waals surface area contributed by atoms with Gasteiger partial charge < -0.3 is 18.6 Å². The molecule has 2 aromatic heterocycles. The number of aryl methyl sites for hydroxylation is 1. The first-order valence-electron chi connectivity index (χ1n) is 10.6. The molecular weight excluding hydrogens is 412 g/mol. The van der Waals surface area contributed by atoms with Crippen molar-refractivity contribution >= 4 is 17.5 Å². The highest BCUT2D eigenvalue weighted by atomic mass is 32.2. The Morgan fingerprint density at radius 1 is 1.19 bits per heavy atom. The smallest absolute Gasteiger partial charge is 0.191 e. The second-order valence-electron chi connectivity index (χ2n) is 8.28. The molecule has 0 bridgehead atoms. The first-order valence-corrected chi connectivity index (χ1v) is 11.6. The zero-order valence-electron chi connectivity index (χ0n) is 18.0. The summed E-state index contributed by atoms with van der Waals surface area (Å²) in [5.74, 6) is 3.57. The van der Waals surface area contributed by atoms with Gasteiger partial charge in [-0.25, -0.2) is 0 Å². The monoisotopic (exact) mass is 438 g/mol. The van der Waals surface area contributed by atoms with Crippen LogP contribution in [0, 0.1) is 13.8 Å². The Bertz CT molecular complexity index is 1130. The molecule has 3 heterocycles. The molecule has 7 nitrogen and oxygen atoms in total. The number of fused-ring (bicyclic) bond motifs is 1. The van der Waals surface area contributed by atoms with Crippen molar-refractivity contribution in [2.24, 2.45) is 7.05 Å². The number of aromatic nitrogens is 4. The molecule has 162 valence electrons. The Morgan fingerprint density at radius 3 is 2.74 bits per heavy atom.